The Morgan fingerprint density at radius 2 is 1.75 bits per heavy atom. The van der Waals surface area contributed by atoms with Gasteiger partial charge in [-0.15, -0.1) is 0 Å². The van der Waals surface area contributed by atoms with Crippen molar-refractivity contribution >= 4 is 16.7 Å². The van der Waals surface area contributed by atoms with Crippen molar-refractivity contribution in [3.63, 3.8) is 0 Å². The first-order valence-corrected chi connectivity index (χ1v) is 10.2. The van der Waals surface area contributed by atoms with Crippen LogP contribution in [0.2, 0.25) is 0 Å². The molecule has 28 heavy (non-hydrogen) atoms. The van der Waals surface area contributed by atoms with Crippen molar-refractivity contribution in [2.45, 2.75) is 19.5 Å². The van der Waals surface area contributed by atoms with E-state index in [1.54, 1.807) is 11.2 Å². The second kappa shape index (κ2) is 8.59. The number of furan rings is 1. The van der Waals surface area contributed by atoms with E-state index in [9.17, 15) is 4.79 Å². The average molecular weight is 380 g/mol. The van der Waals surface area contributed by atoms with E-state index in [-0.39, 0.29) is 11.9 Å². The summed E-state index contributed by atoms with van der Waals surface area (Å²) in [6.07, 6.45) is 1.64. The second-order valence-electron chi connectivity index (χ2n) is 7.80. The number of hydrogen-bond acceptors (Lipinski definition) is 2. The lowest BCUT2D eigenvalue weighted by Gasteiger charge is -2.29. The SMILES string of the molecule is C[C@@H](NC(=O)C[NH+]1CC[NH+](Cc2cccc3ccccc23)CC1)c1ccco1. The lowest BCUT2D eigenvalue weighted by Crippen LogP contribution is -3.28. The van der Waals surface area contributed by atoms with E-state index in [0.29, 0.717) is 6.54 Å². The summed E-state index contributed by atoms with van der Waals surface area (Å²) in [4.78, 5) is 15.3. The van der Waals surface area contributed by atoms with Gasteiger partial charge in [0.05, 0.1) is 12.3 Å². The molecular weight excluding hydrogens is 350 g/mol. The van der Waals surface area contributed by atoms with Crippen LogP contribution in [0.1, 0.15) is 24.3 Å². The van der Waals surface area contributed by atoms with Crippen LogP contribution in [-0.2, 0) is 11.3 Å². The van der Waals surface area contributed by atoms with E-state index in [4.69, 9.17) is 4.42 Å². The van der Waals surface area contributed by atoms with Gasteiger partial charge < -0.3 is 19.5 Å². The Balaban J connectivity index is 1.27. The van der Waals surface area contributed by atoms with Gasteiger partial charge in [-0.3, -0.25) is 4.79 Å². The number of rotatable bonds is 6. The number of benzene rings is 2. The molecule has 0 bridgehead atoms. The molecule has 5 nitrogen and oxygen atoms in total. The van der Waals surface area contributed by atoms with Crippen LogP contribution < -0.4 is 15.1 Å². The molecule has 0 unspecified atom stereocenters. The van der Waals surface area contributed by atoms with Crippen molar-refractivity contribution in [3.8, 4) is 0 Å². The third-order valence-electron chi connectivity index (χ3n) is 5.74. The zero-order chi connectivity index (χ0) is 19.3. The van der Waals surface area contributed by atoms with E-state index >= 15 is 0 Å². The monoisotopic (exact) mass is 379 g/mol. The third kappa shape index (κ3) is 4.43. The minimum absolute atomic E-state index is 0.0832. The summed E-state index contributed by atoms with van der Waals surface area (Å²) in [7, 11) is 0. The number of hydrogen-bond donors (Lipinski definition) is 3. The average Bonchev–Trinajstić information content (AvgIpc) is 3.25. The molecule has 0 spiro atoms. The highest BCUT2D eigenvalue weighted by Gasteiger charge is 2.26. The molecule has 0 aliphatic carbocycles. The Morgan fingerprint density at radius 1 is 1.00 bits per heavy atom. The van der Waals surface area contributed by atoms with Crippen molar-refractivity contribution in [3.05, 3.63) is 72.2 Å². The summed E-state index contributed by atoms with van der Waals surface area (Å²) in [6.45, 7) is 7.80. The van der Waals surface area contributed by atoms with Crippen molar-refractivity contribution in [2.24, 2.45) is 0 Å². The standard InChI is InChI=1S/C23H27N3O2/c1-18(22-10-5-15-28-22)24-23(27)17-26-13-11-25(12-14-26)16-20-8-4-7-19-6-2-3-9-21(19)20/h2-10,15,18H,11-14,16-17H2,1H3,(H,24,27)/p+2/t18-/m1/s1. The molecule has 1 fully saturated rings. The van der Waals surface area contributed by atoms with Gasteiger partial charge in [0.25, 0.3) is 5.91 Å². The second-order valence-corrected chi connectivity index (χ2v) is 7.80. The molecule has 3 aromatic rings. The molecule has 1 aliphatic heterocycles. The van der Waals surface area contributed by atoms with E-state index in [2.05, 4.69) is 47.8 Å². The summed E-state index contributed by atoms with van der Waals surface area (Å²) in [5.41, 5.74) is 1.42. The Labute approximate surface area is 165 Å². The van der Waals surface area contributed by atoms with E-state index in [0.717, 1.165) is 38.5 Å². The summed E-state index contributed by atoms with van der Waals surface area (Å²) in [5, 5.41) is 5.71. The first-order chi connectivity index (χ1) is 13.7. The van der Waals surface area contributed by atoms with Gasteiger partial charge in [0.1, 0.15) is 38.5 Å². The minimum Gasteiger partial charge on any atom is -0.467 e. The largest absolute Gasteiger partial charge is 0.467 e. The van der Waals surface area contributed by atoms with Gasteiger partial charge in [0.15, 0.2) is 6.54 Å². The summed E-state index contributed by atoms with van der Waals surface area (Å²) < 4.78 is 5.36. The number of fused-ring (bicyclic) bond motifs is 1. The number of carbonyl (C=O) groups excluding carboxylic acids is 1. The minimum atomic E-state index is -0.0832. The number of carbonyl (C=O) groups is 1. The Morgan fingerprint density at radius 3 is 2.54 bits per heavy atom. The molecule has 2 aromatic carbocycles. The fourth-order valence-electron chi connectivity index (χ4n) is 4.16. The predicted molar refractivity (Wildman–Crippen MR) is 109 cm³/mol. The Bertz CT molecular complexity index is 909. The molecule has 146 valence electrons. The van der Waals surface area contributed by atoms with Gasteiger partial charge in [-0.25, -0.2) is 0 Å². The van der Waals surface area contributed by atoms with Crippen molar-refractivity contribution in [1.29, 1.82) is 0 Å². The number of piperazine rings is 1. The third-order valence-corrected chi connectivity index (χ3v) is 5.74. The highest BCUT2D eigenvalue weighted by molar-refractivity contribution is 5.85. The summed E-state index contributed by atoms with van der Waals surface area (Å²) in [5.74, 6) is 0.893. The number of quaternary nitrogens is 2. The predicted octanol–water partition coefficient (Wildman–Crippen LogP) is 0.594. The zero-order valence-electron chi connectivity index (χ0n) is 16.4. The zero-order valence-corrected chi connectivity index (χ0v) is 16.4. The van der Waals surface area contributed by atoms with E-state index < -0.39 is 0 Å². The van der Waals surface area contributed by atoms with Gasteiger partial charge in [0, 0.05) is 5.56 Å². The maximum absolute atomic E-state index is 12.4. The number of amides is 1. The molecular formula is C23H29N3O2+2. The molecule has 1 aromatic heterocycles. The normalized spacial score (nSPS) is 20.8. The molecule has 1 atom stereocenters. The Hall–Kier alpha value is -2.63. The fourth-order valence-corrected chi connectivity index (χ4v) is 4.16. The molecule has 1 amide bonds. The van der Waals surface area contributed by atoms with Crippen molar-refractivity contribution < 1.29 is 19.0 Å². The van der Waals surface area contributed by atoms with Gasteiger partial charge in [0.2, 0.25) is 0 Å². The lowest BCUT2D eigenvalue weighted by molar-refractivity contribution is -1.02. The maximum atomic E-state index is 12.4. The molecule has 5 heteroatoms. The number of nitrogens with one attached hydrogen (secondary N) is 3. The van der Waals surface area contributed by atoms with Crippen LogP contribution in [0.15, 0.2) is 65.3 Å². The first-order valence-electron chi connectivity index (χ1n) is 10.2. The van der Waals surface area contributed by atoms with Crippen molar-refractivity contribution in [1.82, 2.24) is 5.32 Å². The van der Waals surface area contributed by atoms with Crippen LogP contribution in [0, 0.1) is 0 Å². The van der Waals surface area contributed by atoms with Crippen LogP contribution in [-0.4, -0.2) is 38.6 Å². The van der Waals surface area contributed by atoms with Gasteiger partial charge in [-0.1, -0.05) is 42.5 Å². The van der Waals surface area contributed by atoms with Crippen LogP contribution >= 0.6 is 0 Å². The van der Waals surface area contributed by atoms with Crippen LogP contribution in [0.4, 0.5) is 0 Å². The van der Waals surface area contributed by atoms with Crippen LogP contribution in [0.3, 0.4) is 0 Å². The topological polar surface area (TPSA) is 51.1 Å². The lowest BCUT2D eigenvalue weighted by atomic mass is 10.0. The smallest absolute Gasteiger partial charge is 0.275 e. The van der Waals surface area contributed by atoms with E-state index in [1.807, 2.05) is 19.1 Å². The first kappa shape index (κ1) is 18.7. The molecule has 1 saturated heterocycles. The molecule has 1 aliphatic rings. The van der Waals surface area contributed by atoms with Gasteiger partial charge in [-0.05, 0) is 29.8 Å². The molecule has 3 N–H and O–H groups in total. The van der Waals surface area contributed by atoms with E-state index in [1.165, 1.54) is 21.2 Å². The molecule has 4 rings (SSSR count). The maximum Gasteiger partial charge on any atom is 0.275 e. The molecule has 0 saturated carbocycles. The summed E-state index contributed by atoms with van der Waals surface area (Å²) in [6, 6.07) is 18.9. The highest BCUT2D eigenvalue weighted by Crippen LogP contribution is 2.17. The fraction of sp³-hybridized carbons (Fsp3) is 0.348. The molecule has 2 heterocycles. The van der Waals surface area contributed by atoms with Crippen molar-refractivity contribution in [2.75, 3.05) is 32.7 Å². The van der Waals surface area contributed by atoms with Gasteiger partial charge >= 0.3 is 0 Å². The van der Waals surface area contributed by atoms with Gasteiger partial charge in [-0.2, -0.15) is 0 Å². The highest BCUT2D eigenvalue weighted by atomic mass is 16.3. The molecule has 0 radical (unpaired) electrons. The summed E-state index contributed by atoms with van der Waals surface area (Å²) >= 11 is 0. The quantitative estimate of drug-likeness (QED) is 0.587. The van der Waals surface area contributed by atoms with Crippen LogP contribution in [0.5, 0.6) is 0 Å². The Kier molecular flexibility index (Phi) is 5.74. The van der Waals surface area contributed by atoms with Crippen LogP contribution in [0.25, 0.3) is 10.8 Å².